The summed E-state index contributed by atoms with van der Waals surface area (Å²) in [6.07, 6.45) is 41.2. The molecule has 0 saturated carbocycles. The number of carbonyl (C=O) groups excluding carboxylic acids is 3. The highest BCUT2D eigenvalue weighted by atomic mass is 31.2. The zero-order valence-corrected chi connectivity index (χ0v) is 33.6. The zero-order chi connectivity index (χ0) is 38.4. The minimum Gasteiger partial charge on any atom is -0.462 e. The molecule has 0 radical (unpaired) electrons. The molecule has 0 aromatic rings. The second kappa shape index (κ2) is 37.0. The number of esters is 2. The van der Waals surface area contributed by atoms with Gasteiger partial charge in [0.15, 0.2) is 11.9 Å². The molecular formula is C42H73O9P. The largest absolute Gasteiger partial charge is 0.469 e. The summed E-state index contributed by atoms with van der Waals surface area (Å²) in [5.41, 5.74) is 0. The highest BCUT2D eigenvalue weighted by molar-refractivity contribution is 7.46. The van der Waals surface area contributed by atoms with E-state index in [1.54, 1.807) is 6.08 Å². The minimum atomic E-state index is -4.82. The summed E-state index contributed by atoms with van der Waals surface area (Å²) in [6.45, 7) is 3.46. The summed E-state index contributed by atoms with van der Waals surface area (Å²) >= 11 is 0. The normalized spacial score (nSPS) is 12.8. The van der Waals surface area contributed by atoms with Gasteiger partial charge >= 0.3 is 19.8 Å². The van der Waals surface area contributed by atoms with Gasteiger partial charge in [-0.05, 0) is 44.6 Å². The average molecular weight is 753 g/mol. The van der Waals surface area contributed by atoms with Crippen molar-refractivity contribution in [2.75, 3.05) is 13.2 Å². The number of rotatable bonds is 37. The lowest BCUT2D eigenvalue weighted by Crippen LogP contribution is -2.29. The number of allylic oxidation sites excluding steroid dienone is 8. The van der Waals surface area contributed by atoms with Gasteiger partial charge in [0, 0.05) is 19.3 Å². The average Bonchev–Trinajstić information content (AvgIpc) is 3.10. The molecule has 1 atom stereocenters. The predicted octanol–water partition coefficient (Wildman–Crippen LogP) is 11.5. The van der Waals surface area contributed by atoms with E-state index in [1.807, 2.05) is 12.2 Å². The van der Waals surface area contributed by atoms with Crippen molar-refractivity contribution in [3.8, 4) is 0 Å². The Kier molecular flexibility index (Phi) is 35.4. The Morgan fingerprint density at radius 1 is 0.558 bits per heavy atom. The smallest absolute Gasteiger partial charge is 0.462 e. The van der Waals surface area contributed by atoms with Gasteiger partial charge in [0.05, 0.1) is 6.61 Å². The van der Waals surface area contributed by atoms with Crippen molar-refractivity contribution >= 4 is 25.5 Å². The molecular weight excluding hydrogens is 679 g/mol. The van der Waals surface area contributed by atoms with Gasteiger partial charge in [0.2, 0.25) is 0 Å². The van der Waals surface area contributed by atoms with E-state index in [1.165, 1.54) is 102 Å². The van der Waals surface area contributed by atoms with Crippen LogP contribution in [0.4, 0.5) is 0 Å². The Morgan fingerprint density at radius 3 is 1.63 bits per heavy atom. The molecule has 0 rings (SSSR count). The van der Waals surface area contributed by atoms with Gasteiger partial charge in [-0.1, -0.05) is 166 Å². The summed E-state index contributed by atoms with van der Waals surface area (Å²) in [4.78, 5) is 54.9. The molecule has 52 heavy (non-hydrogen) atoms. The van der Waals surface area contributed by atoms with Crippen molar-refractivity contribution in [1.82, 2.24) is 0 Å². The zero-order valence-electron chi connectivity index (χ0n) is 32.7. The Bertz CT molecular complexity index is 1040. The molecule has 0 bridgehead atoms. The number of phosphoric acid groups is 1. The molecule has 0 aromatic carbocycles. The third-order valence-corrected chi connectivity index (χ3v) is 9.06. The maximum Gasteiger partial charge on any atom is 0.469 e. The fraction of sp³-hybridized carbons (Fsp3) is 0.738. The molecule has 10 heteroatoms. The minimum absolute atomic E-state index is 0.0766. The lowest BCUT2D eigenvalue weighted by molar-refractivity contribution is -0.161. The SMILES string of the molecule is CCCCC/C=C\C/C=C\C/C=C\C=C\C(=O)CCCC(=O)O[C@H](COC(=O)CCCCCCCCCCCCCCCCCC)COP(=O)(O)O. The van der Waals surface area contributed by atoms with Crippen LogP contribution in [0.15, 0.2) is 48.6 Å². The lowest BCUT2D eigenvalue weighted by atomic mass is 10.0. The van der Waals surface area contributed by atoms with Gasteiger partial charge in [-0.25, -0.2) is 4.57 Å². The second-order valence-electron chi connectivity index (χ2n) is 13.7. The second-order valence-corrected chi connectivity index (χ2v) is 14.9. The van der Waals surface area contributed by atoms with Crippen molar-refractivity contribution in [3.05, 3.63) is 48.6 Å². The fourth-order valence-corrected chi connectivity index (χ4v) is 5.86. The molecule has 0 fully saturated rings. The Balaban J connectivity index is 4.13. The van der Waals surface area contributed by atoms with E-state index in [0.29, 0.717) is 6.42 Å². The molecule has 9 nitrogen and oxygen atoms in total. The standard InChI is InChI=1S/C42H73O9P/c1-3-5-7-9-11-13-15-17-18-19-21-23-25-27-29-31-35-41(44)49-37-40(38-50-52(46,47)48)51-42(45)36-32-34-39(43)33-30-28-26-24-22-20-16-14-12-10-8-6-4-2/h12,14,20,22,26,28,30,33,40H,3-11,13,15-19,21,23-25,27,29,31-32,34-38H2,1-2H3,(H2,46,47,48)/b14-12-,22-20-,28-26-,33-30+/t40-/m1/s1. The third kappa shape index (κ3) is 38.9. The summed E-state index contributed by atoms with van der Waals surface area (Å²) in [7, 11) is -4.82. The Hall–Kier alpha value is -2.32. The summed E-state index contributed by atoms with van der Waals surface area (Å²) in [5, 5.41) is 0. The highest BCUT2D eigenvalue weighted by Crippen LogP contribution is 2.36. The van der Waals surface area contributed by atoms with Crippen molar-refractivity contribution in [1.29, 1.82) is 0 Å². The number of phosphoric ester groups is 1. The van der Waals surface area contributed by atoms with Crippen LogP contribution in [0, 0.1) is 0 Å². The Labute approximate surface area is 316 Å². The summed E-state index contributed by atoms with van der Waals surface area (Å²) < 4.78 is 26.2. The Morgan fingerprint density at radius 2 is 1.06 bits per heavy atom. The first kappa shape index (κ1) is 49.7. The van der Waals surface area contributed by atoms with E-state index < -0.39 is 32.5 Å². The van der Waals surface area contributed by atoms with Crippen LogP contribution in [0.5, 0.6) is 0 Å². The van der Waals surface area contributed by atoms with Crippen LogP contribution in [-0.4, -0.2) is 46.8 Å². The van der Waals surface area contributed by atoms with Crippen LogP contribution in [0.2, 0.25) is 0 Å². The van der Waals surface area contributed by atoms with Crippen LogP contribution >= 0.6 is 7.82 Å². The number of unbranched alkanes of at least 4 members (excludes halogenated alkanes) is 18. The van der Waals surface area contributed by atoms with Crippen LogP contribution in [0.1, 0.15) is 181 Å². The number of carbonyl (C=O) groups is 3. The molecule has 0 amide bonds. The third-order valence-electron chi connectivity index (χ3n) is 8.58. The highest BCUT2D eigenvalue weighted by Gasteiger charge is 2.23. The van der Waals surface area contributed by atoms with Gasteiger partial charge in [-0.15, -0.1) is 0 Å². The van der Waals surface area contributed by atoms with Crippen molar-refractivity contribution < 1.29 is 42.7 Å². The molecule has 0 aliphatic carbocycles. The van der Waals surface area contributed by atoms with Gasteiger partial charge in [-0.2, -0.15) is 0 Å². The number of hydrogen-bond donors (Lipinski definition) is 2. The first-order chi connectivity index (χ1) is 25.2. The van der Waals surface area contributed by atoms with Gasteiger partial charge < -0.3 is 19.3 Å². The van der Waals surface area contributed by atoms with E-state index >= 15 is 0 Å². The molecule has 0 unspecified atom stereocenters. The fourth-order valence-electron chi connectivity index (χ4n) is 5.50. The monoisotopic (exact) mass is 752 g/mol. The topological polar surface area (TPSA) is 136 Å². The first-order valence-electron chi connectivity index (χ1n) is 20.4. The molecule has 0 saturated heterocycles. The van der Waals surface area contributed by atoms with Gasteiger partial charge in [0.1, 0.15) is 6.61 Å². The molecule has 2 N–H and O–H groups in total. The van der Waals surface area contributed by atoms with E-state index in [-0.39, 0.29) is 38.1 Å². The predicted molar refractivity (Wildman–Crippen MR) is 212 cm³/mol. The molecule has 0 aromatic heterocycles. The maximum absolute atomic E-state index is 12.4. The van der Waals surface area contributed by atoms with Gasteiger partial charge in [0.25, 0.3) is 0 Å². The molecule has 0 aliphatic heterocycles. The van der Waals surface area contributed by atoms with E-state index in [9.17, 15) is 18.9 Å². The van der Waals surface area contributed by atoms with E-state index in [0.717, 1.165) is 38.5 Å². The van der Waals surface area contributed by atoms with Crippen LogP contribution < -0.4 is 0 Å². The number of ether oxygens (including phenoxy) is 2. The van der Waals surface area contributed by atoms with Crippen molar-refractivity contribution in [2.24, 2.45) is 0 Å². The van der Waals surface area contributed by atoms with Crippen LogP contribution in [0.3, 0.4) is 0 Å². The van der Waals surface area contributed by atoms with Crippen LogP contribution in [0.25, 0.3) is 0 Å². The molecule has 0 aliphatic rings. The summed E-state index contributed by atoms with van der Waals surface area (Å²) in [6, 6.07) is 0. The molecule has 0 heterocycles. The summed E-state index contributed by atoms with van der Waals surface area (Å²) in [5.74, 6) is -1.27. The molecule has 300 valence electrons. The van der Waals surface area contributed by atoms with E-state index in [4.69, 9.17) is 19.3 Å². The number of hydrogen-bond acceptors (Lipinski definition) is 7. The van der Waals surface area contributed by atoms with Crippen molar-refractivity contribution in [3.63, 3.8) is 0 Å². The first-order valence-corrected chi connectivity index (χ1v) is 21.9. The number of ketones is 1. The lowest BCUT2D eigenvalue weighted by Gasteiger charge is -2.18. The maximum atomic E-state index is 12.4. The quantitative estimate of drug-likeness (QED) is 0.0159. The van der Waals surface area contributed by atoms with Crippen LogP contribution in [-0.2, 0) is 32.9 Å². The van der Waals surface area contributed by atoms with E-state index in [2.05, 4.69) is 42.7 Å². The van der Waals surface area contributed by atoms with Gasteiger partial charge in [-0.3, -0.25) is 18.9 Å². The molecule has 0 spiro atoms. The van der Waals surface area contributed by atoms with Crippen molar-refractivity contribution in [2.45, 2.75) is 187 Å².